The molecule has 2 rings (SSSR count). The molecular weight excluding hydrogens is 484 g/mol. The van der Waals surface area contributed by atoms with Crippen LogP contribution in [-0.2, 0) is 19.1 Å². The van der Waals surface area contributed by atoms with E-state index in [0.29, 0.717) is 0 Å². The second-order valence-corrected chi connectivity index (χ2v) is 11.0. The molecule has 38 heavy (non-hydrogen) atoms. The van der Waals surface area contributed by atoms with Crippen LogP contribution in [0.4, 0.5) is 4.79 Å². The third-order valence-corrected chi connectivity index (χ3v) is 6.60. The molecule has 210 valence electrons. The molecule has 1 fully saturated rings. The molecule has 0 heterocycles. The van der Waals surface area contributed by atoms with E-state index in [4.69, 9.17) is 10.5 Å². The molecule has 2 atom stereocenters. The maximum atomic E-state index is 14.1. The van der Waals surface area contributed by atoms with Gasteiger partial charge >= 0.3 is 6.09 Å². The van der Waals surface area contributed by atoms with E-state index >= 15 is 0 Å². The third-order valence-electron chi connectivity index (χ3n) is 6.60. The van der Waals surface area contributed by atoms with Crippen LogP contribution in [0.25, 0.3) is 0 Å². The normalized spacial score (nSPS) is 15.6. The van der Waals surface area contributed by atoms with Crippen molar-refractivity contribution in [3.05, 3.63) is 47.5 Å². The van der Waals surface area contributed by atoms with Crippen molar-refractivity contribution in [2.45, 2.75) is 103 Å². The lowest BCUT2D eigenvalue weighted by molar-refractivity contribution is -0.142. The zero-order valence-electron chi connectivity index (χ0n) is 23.5. The zero-order chi connectivity index (χ0) is 28.5. The van der Waals surface area contributed by atoms with E-state index in [-0.39, 0.29) is 31.3 Å². The molecule has 1 aliphatic carbocycles. The van der Waals surface area contributed by atoms with Crippen molar-refractivity contribution in [1.82, 2.24) is 15.5 Å². The van der Waals surface area contributed by atoms with Gasteiger partial charge in [-0.25, -0.2) is 4.79 Å². The highest BCUT2D eigenvalue weighted by atomic mass is 16.6. The van der Waals surface area contributed by atoms with E-state index in [9.17, 15) is 19.2 Å². The number of hydrogen-bond acceptors (Lipinski definition) is 5. The lowest BCUT2D eigenvalue weighted by Crippen LogP contribution is -2.54. The molecule has 0 aliphatic heterocycles. The van der Waals surface area contributed by atoms with E-state index in [1.54, 1.807) is 26.8 Å². The van der Waals surface area contributed by atoms with Crippen LogP contribution in [0.2, 0.25) is 0 Å². The third kappa shape index (κ3) is 9.19. The second-order valence-electron chi connectivity index (χ2n) is 11.0. The number of carbonyl (C=O) groups excluding carboxylic acids is 4. The predicted octanol–water partition coefficient (Wildman–Crippen LogP) is 3.97. The van der Waals surface area contributed by atoms with Crippen molar-refractivity contribution < 1.29 is 23.9 Å². The first-order chi connectivity index (χ1) is 17.8. The van der Waals surface area contributed by atoms with E-state index in [2.05, 4.69) is 17.2 Å². The van der Waals surface area contributed by atoms with Crippen LogP contribution in [0.5, 0.6) is 0 Å². The number of nitrogens with zero attached hydrogens (tertiary/aromatic N) is 1. The Labute approximate surface area is 226 Å². The summed E-state index contributed by atoms with van der Waals surface area (Å²) in [4.78, 5) is 53.6. The fourth-order valence-corrected chi connectivity index (χ4v) is 4.87. The molecule has 4 amide bonds. The van der Waals surface area contributed by atoms with E-state index in [0.717, 1.165) is 48.8 Å². The number of alkyl carbamates (subject to hydrolysis) is 1. The Hall–Kier alpha value is -3.36. The van der Waals surface area contributed by atoms with Crippen molar-refractivity contribution in [1.29, 1.82) is 0 Å². The van der Waals surface area contributed by atoms with Gasteiger partial charge in [-0.1, -0.05) is 43.5 Å². The van der Waals surface area contributed by atoms with Crippen LogP contribution in [-0.4, -0.2) is 52.9 Å². The summed E-state index contributed by atoms with van der Waals surface area (Å²) in [6.45, 7) is 12.8. The Morgan fingerprint density at radius 3 is 2.26 bits per heavy atom. The first kappa shape index (κ1) is 30.9. The van der Waals surface area contributed by atoms with Gasteiger partial charge in [-0.2, -0.15) is 0 Å². The van der Waals surface area contributed by atoms with Gasteiger partial charge < -0.3 is 26.0 Å². The fourth-order valence-electron chi connectivity index (χ4n) is 4.87. The number of amides is 4. The number of hydrogen-bond donors (Lipinski definition) is 3. The lowest BCUT2D eigenvalue weighted by Gasteiger charge is -2.36. The van der Waals surface area contributed by atoms with Crippen LogP contribution >= 0.6 is 0 Å². The molecule has 1 aromatic carbocycles. The van der Waals surface area contributed by atoms with Crippen LogP contribution in [0.3, 0.4) is 0 Å². The van der Waals surface area contributed by atoms with Crippen molar-refractivity contribution in [2.75, 3.05) is 6.54 Å². The highest BCUT2D eigenvalue weighted by Gasteiger charge is 2.37. The quantitative estimate of drug-likeness (QED) is 0.374. The molecule has 0 bridgehead atoms. The minimum atomic E-state index is -1.13. The largest absolute Gasteiger partial charge is 0.444 e. The summed E-state index contributed by atoms with van der Waals surface area (Å²) in [7, 11) is 0. The van der Waals surface area contributed by atoms with Gasteiger partial charge in [-0.05, 0) is 70.6 Å². The minimum Gasteiger partial charge on any atom is -0.444 e. The topological polar surface area (TPSA) is 131 Å². The van der Waals surface area contributed by atoms with Gasteiger partial charge in [0.25, 0.3) is 0 Å². The van der Waals surface area contributed by atoms with Crippen molar-refractivity contribution >= 4 is 23.8 Å². The SMILES string of the molecule is C=CCN(C(=O)C(CCC(N)=O)NC(=O)OC(C)(C)C)C(C(=O)NC1CCCCC1)c1c(C)cccc1C. The highest BCUT2D eigenvalue weighted by molar-refractivity contribution is 5.93. The number of rotatable bonds is 11. The standard InChI is InChI=1S/C29H44N4O5/c1-7-18-33(27(36)22(16-17-23(30)34)32-28(37)38-29(4,5)6)25(24-19(2)12-11-13-20(24)3)26(35)31-21-14-9-8-10-15-21/h7,11-13,21-22,25H,1,8-10,14-18H2,2-6H3,(H2,30,34)(H,31,35)(H,32,37). The monoisotopic (exact) mass is 528 g/mol. The van der Waals surface area contributed by atoms with Crippen molar-refractivity contribution in [2.24, 2.45) is 5.73 Å². The molecule has 9 nitrogen and oxygen atoms in total. The van der Waals surface area contributed by atoms with Gasteiger partial charge in [-0.15, -0.1) is 6.58 Å². The van der Waals surface area contributed by atoms with Crippen LogP contribution in [0.15, 0.2) is 30.9 Å². The average molecular weight is 529 g/mol. The lowest BCUT2D eigenvalue weighted by atomic mass is 9.91. The Balaban J connectivity index is 2.50. The van der Waals surface area contributed by atoms with Gasteiger partial charge in [0.2, 0.25) is 17.7 Å². The molecule has 0 aromatic heterocycles. The second kappa shape index (κ2) is 14.0. The van der Waals surface area contributed by atoms with Crippen LogP contribution in [0, 0.1) is 13.8 Å². The molecule has 0 saturated heterocycles. The molecular formula is C29H44N4O5. The van der Waals surface area contributed by atoms with Gasteiger partial charge in [-0.3, -0.25) is 14.4 Å². The summed E-state index contributed by atoms with van der Waals surface area (Å²) in [6.07, 6.45) is 5.60. The van der Waals surface area contributed by atoms with E-state index < -0.39 is 35.6 Å². The van der Waals surface area contributed by atoms with Gasteiger partial charge in [0, 0.05) is 19.0 Å². The summed E-state index contributed by atoms with van der Waals surface area (Å²) in [5, 5.41) is 5.77. The van der Waals surface area contributed by atoms with E-state index in [1.165, 1.54) is 4.90 Å². The maximum absolute atomic E-state index is 14.1. The first-order valence-electron chi connectivity index (χ1n) is 13.4. The molecule has 2 unspecified atom stereocenters. The Morgan fingerprint density at radius 2 is 1.74 bits per heavy atom. The average Bonchev–Trinajstić information content (AvgIpc) is 2.82. The van der Waals surface area contributed by atoms with Gasteiger partial charge in [0.05, 0.1) is 0 Å². The van der Waals surface area contributed by atoms with Gasteiger partial charge in [0.15, 0.2) is 0 Å². The number of carbonyl (C=O) groups is 4. The molecule has 9 heteroatoms. The summed E-state index contributed by atoms with van der Waals surface area (Å²) < 4.78 is 5.36. The Kier molecular flexibility index (Phi) is 11.4. The fraction of sp³-hybridized carbons (Fsp3) is 0.586. The van der Waals surface area contributed by atoms with Gasteiger partial charge in [0.1, 0.15) is 17.7 Å². The maximum Gasteiger partial charge on any atom is 0.408 e. The smallest absolute Gasteiger partial charge is 0.408 e. The minimum absolute atomic E-state index is 0.0364. The molecule has 4 N–H and O–H groups in total. The molecule has 1 aromatic rings. The number of primary amides is 1. The molecule has 0 spiro atoms. The summed E-state index contributed by atoms with van der Waals surface area (Å²) in [5.41, 5.74) is 7.03. The summed E-state index contributed by atoms with van der Waals surface area (Å²) >= 11 is 0. The summed E-state index contributed by atoms with van der Waals surface area (Å²) in [5.74, 6) is -1.41. The van der Waals surface area contributed by atoms with Crippen molar-refractivity contribution in [3.8, 4) is 0 Å². The predicted molar refractivity (Wildman–Crippen MR) is 147 cm³/mol. The van der Waals surface area contributed by atoms with Crippen molar-refractivity contribution in [3.63, 3.8) is 0 Å². The summed E-state index contributed by atoms with van der Waals surface area (Å²) in [6, 6.07) is 3.66. The van der Waals surface area contributed by atoms with E-state index in [1.807, 2.05) is 32.0 Å². The number of nitrogens with one attached hydrogen (secondary N) is 2. The number of ether oxygens (including phenoxy) is 1. The number of benzene rings is 1. The number of nitrogens with two attached hydrogens (primary N) is 1. The Bertz CT molecular complexity index is 990. The van der Waals surface area contributed by atoms with Crippen LogP contribution < -0.4 is 16.4 Å². The molecule has 0 radical (unpaired) electrons. The Morgan fingerprint density at radius 1 is 1.13 bits per heavy atom. The molecule has 1 aliphatic rings. The van der Waals surface area contributed by atoms with Crippen LogP contribution in [0.1, 0.15) is 88.4 Å². The number of aryl methyl sites for hydroxylation is 2. The highest BCUT2D eigenvalue weighted by Crippen LogP contribution is 2.30. The first-order valence-corrected chi connectivity index (χ1v) is 13.4. The molecule has 1 saturated carbocycles. The zero-order valence-corrected chi connectivity index (χ0v) is 23.5.